The van der Waals surface area contributed by atoms with Crippen LogP contribution in [0.1, 0.15) is 76.4 Å². The molecule has 0 aliphatic carbocycles. The Kier molecular flexibility index (Phi) is 9.63. The average molecular weight is 613 g/mol. The summed E-state index contributed by atoms with van der Waals surface area (Å²) in [5, 5.41) is 8.43. The minimum atomic E-state index is -1.26. The highest BCUT2D eigenvalue weighted by atomic mass is 16.6. The Bertz CT molecular complexity index is 1550. The van der Waals surface area contributed by atoms with E-state index < -0.39 is 35.3 Å². The molecule has 0 bridgehead atoms. The van der Waals surface area contributed by atoms with Gasteiger partial charge in [0.1, 0.15) is 22.6 Å². The van der Waals surface area contributed by atoms with Crippen LogP contribution in [0.25, 0.3) is 22.5 Å². The van der Waals surface area contributed by atoms with Crippen molar-refractivity contribution in [1.82, 2.24) is 10.3 Å². The van der Waals surface area contributed by atoms with E-state index in [1.807, 2.05) is 62.4 Å². The molecule has 2 aromatic heterocycles. The third kappa shape index (κ3) is 8.67. The third-order valence-corrected chi connectivity index (χ3v) is 6.50. The second kappa shape index (κ2) is 13.1. The van der Waals surface area contributed by atoms with Gasteiger partial charge in [-0.15, -0.1) is 0 Å². The maximum atomic E-state index is 13.3. The molecule has 0 amide bonds. The first-order valence-corrected chi connectivity index (χ1v) is 14.6. The van der Waals surface area contributed by atoms with E-state index in [-0.39, 0.29) is 22.7 Å². The van der Waals surface area contributed by atoms with E-state index in [0.29, 0.717) is 11.4 Å². The van der Waals surface area contributed by atoms with Gasteiger partial charge in [-0.3, -0.25) is 0 Å². The Hall–Kier alpha value is -4.76. The molecule has 0 radical (unpaired) electrons. The van der Waals surface area contributed by atoms with Crippen molar-refractivity contribution in [3.8, 4) is 22.5 Å². The van der Waals surface area contributed by atoms with Crippen LogP contribution >= 0.6 is 0 Å². The molecule has 45 heavy (non-hydrogen) atoms. The van der Waals surface area contributed by atoms with Crippen molar-refractivity contribution < 1.29 is 32.8 Å². The predicted molar refractivity (Wildman–Crippen MR) is 170 cm³/mol. The fourth-order valence-electron chi connectivity index (χ4n) is 4.23. The number of aryl methyl sites for hydroxylation is 2. The molecule has 0 saturated carbocycles. The zero-order chi connectivity index (χ0) is 33.1. The molecule has 0 aliphatic rings. The summed E-state index contributed by atoms with van der Waals surface area (Å²) in [5.74, 6) is -1.14. The van der Waals surface area contributed by atoms with Crippen molar-refractivity contribution in [3.63, 3.8) is 0 Å². The van der Waals surface area contributed by atoms with Gasteiger partial charge in [0.2, 0.25) is 0 Å². The van der Waals surface area contributed by atoms with Crippen molar-refractivity contribution in [2.45, 2.75) is 78.8 Å². The number of carbonyl (C=O) groups is 2. The van der Waals surface area contributed by atoms with E-state index in [2.05, 4.69) is 23.5 Å². The number of carbonyl (C=O) groups excluding carboxylic acids is 2. The van der Waals surface area contributed by atoms with Gasteiger partial charge in [-0.05, 0) is 55.4 Å². The summed E-state index contributed by atoms with van der Waals surface area (Å²) in [6, 6.07) is 18.7. The smallest absolute Gasteiger partial charge is 0.337 e. The molecule has 9 heteroatoms. The summed E-state index contributed by atoms with van der Waals surface area (Å²) in [6.45, 7) is 22.4. The summed E-state index contributed by atoms with van der Waals surface area (Å²) >= 11 is 0. The monoisotopic (exact) mass is 612 g/mol. The zero-order valence-corrected chi connectivity index (χ0v) is 27.1. The molecule has 236 valence electrons. The summed E-state index contributed by atoms with van der Waals surface area (Å²) in [5.41, 5.74) is 2.99. The topological polar surface area (TPSA) is 114 Å². The Morgan fingerprint density at radius 1 is 0.644 bits per heavy atom. The summed E-state index contributed by atoms with van der Waals surface area (Å²) in [4.78, 5) is 26.6. The van der Waals surface area contributed by atoms with Crippen LogP contribution in [-0.2, 0) is 23.8 Å². The first-order valence-electron chi connectivity index (χ1n) is 14.6. The van der Waals surface area contributed by atoms with E-state index in [1.165, 1.54) is 0 Å². The van der Waals surface area contributed by atoms with Crippen molar-refractivity contribution in [1.29, 1.82) is 0 Å². The van der Waals surface area contributed by atoms with E-state index in [1.54, 1.807) is 53.7 Å². The van der Waals surface area contributed by atoms with Crippen LogP contribution < -0.4 is 0 Å². The molecular formula is C36H40N2O7. The number of rotatable bonds is 10. The van der Waals surface area contributed by atoms with Gasteiger partial charge in [-0.25, -0.2) is 9.59 Å². The molecule has 4 aromatic rings. The highest BCUT2D eigenvalue weighted by molar-refractivity contribution is 5.90. The molecule has 2 heterocycles. The number of ether oxygens (including phenoxy) is 3. The van der Waals surface area contributed by atoms with Gasteiger partial charge in [-0.2, -0.15) is 0 Å². The number of benzene rings is 2. The lowest BCUT2D eigenvalue weighted by Gasteiger charge is -2.27. The highest BCUT2D eigenvalue weighted by Gasteiger charge is 2.37. The molecule has 0 aliphatic heterocycles. The molecule has 0 saturated heterocycles. The maximum Gasteiger partial charge on any atom is 0.337 e. The number of hydrogen-bond acceptors (Lipinski definition) is 9. The van der Waals surface area contributed by atoms with Crippen LogP contribution in [0.5, 0.6) is 0 Å². The molecule has 2 atom stereocenters. The number of aromatic nitrogens is 2. The Labute approximate surface area is 263 Å². The molecule has 2 unspecified atom stereocenters. The van der Waals surface area contributed by atoms with E-state index in [0.717, 1.165) is 22.3 Å². The van der Waals surface area contributed by atoms with Crippen LogP contribution in [0.3, 0.4) is 0 Å². The third-order valence-electron chi connectivity index (χ3n) is 6.50. The van der Waals surface area contributed by atoms with Crippen LogP contribution in [-0.4, -0.2) is 33.5 Å². The van der Waals surface area contributed by atoms with E-state index >= 15 is 0 Å². The van der Waals surface area contributed by atoms with Crippen LogP contribution in [0, 0.1) is 13.8 Å². The predicted octanol–water partition coefficient (Wildman–Crippen LogP) is 8.21. The van der Waals surface area contributed by atoms with E-state index in [4.69, 9.17) is 23.3 Å². The Morgan fingerprint density at radius 3 is 1.29 bits per heavy atom. The quantitative estimate of drug-likeness (QED) is 0.129. The first-order chi connectivity index (χ1) is 21.0. The second-order valence-corrected chi connectivity index (χ2v) is 12.9. The summed E-state index contributed by atoms with van der Waals surface area (Å²) in [6.07, 6.45) is -2.52. The van der Waals surface area contributed by atoms with Crippen molar-refractivity contribution in [2.75, 3.05) is 0 Å². The molecule has 0 N–H and O–H groups in total. The van der Waals surface area contributed by atoms with Gasteiger partial charge < -0.3 is 23.3 Å². The van der Waals surface area contributed by atoms with Gasteiger partial charge in [-0.1, -0.05) is 83.1 Å². The number of hydrogen-bond donors (Lipinski definition) is 0. The lowest BCUT2D eigenvalue weighted by atomic mass is 10.0. The first kappa shape index (κ1) is 33.1. The van der Waals surface area contributed by atoms with Crippen LogP contribution in [0.2, 0.25) is 0 Å². The van der Waals surface area contributed by atoms with Gasteiger partial charge in [0.15, 0.2) is 23.7 Å². The lowest BCUT2D eigenvalue weighted by Crippen LogP contribution is -2.29. The van der Waals surface area contributed by atoms with Crippen molar-refractivity contribution >= 4 is 11.9 Å². The zero-order valence-electron chi connectivity index (χ0n) is 27.1. The molecule has 0 spiro atoms. The summed E-state index contributed by atoms with van der Waals surface area (Å²) < 4.78 is 29.1. The maximum absolute atomic E-state index is 13.3. The molecule has 9 nitrogen and oxygen atoms in total. The van der Waals surface area contributed by atoms with Crippen molar-refractivity contribution in [2.24, 2.45) is 0 Å². The lowest BCUT2D eigenvalue weighted by molar-refractivity contribution is -0.153. The fraction of sp³-hybridized carbons (Fsp3) is 0.333. The standard InChI is InChI=1S/C36H40N2O7/c1-21-11-15-25(16-12-21)27-19-29(44-37-27)31(23(3)33(39)42-35(5,6)7)41-32(24(4)34(40)43-36(8,9)10)30-20-28(38-45-30)26-17-13-22(2)14-18-26/h11-20,31-32H,3-4H2,1-2,5-10H3. The normalized spacial score (nSPS) is 13.2. The molecule has 2 aromatic carbocycles. The highest BCUT2D eigenvalue weighted by Crippen LogP contribution is 2.39. The molecular weight excluding hydrogens is 572 g/mol. The Morgan fingerprint density at radius 2 is 0.978 bits per heavy atom. The fourth-order valence-corrected chi connectivity index (χ4v) is 4.23. The summed E-state index contributed by atoms with van der Waals surface area (Å²) in [7, 11) is 0. The second-order valence-electron chi connectivity index (χ2n) is 12.9. The van der Waals surface area contributed by atoms with E-state index in [9.17, 15) is 9.59 Å². The Balaban J connectivity index is 1.78. The van der Waals surface area contributed by atoms with Crippen molar-refractivity contribution in [3.05, 3.63) is 108 Å². The molecule has 0 fully saturated rings. The van der Waals surface area contributed by atoms with Gasteiger partial charge in [0.05, 0.1) is 11.1 Å². The van der Waals surface area contributed by atoms with Gasteiger partial charge >= 0.3 is 11.9 Å². The SMILES string of the molecule is C=C(C(=O)OC(C)(C)C)C(OC(C(=C)C(=O)OC(C)(C)C)c1cc(-c2ccc(C)cc2)no1)c1cc(-c2ccc(C)cc2)no1. The molecule has 4 rings (SSSR count). The van der Waals surface area contributed by atoms with Gasteiger partial charge in [0, 0.05) is 23.3 Å². The number of esters is 2. The van der Waals surface area contributed by atoms with Gasteiger partial charge in [0.25, 0.3) is 0 Å². The minimum Gasteiger partial charge on any atom is -0.457 e. The van der Waals surface area contributed by atoms with Crippen LogP contribution in [0.4, 0.5) is 0 Å². The van der Waals surface area contributed by atoms with Crippen LogP contribution in [0.15, 0.2) is 94.0 Å². The largest absolute Gasteiger partial charge is 0.457 e. The average Bonchev–Trinajstić information content (AvgIpc) is 3.63. The number of nitrogens with zero attached hydrogens (tertiary/aromatic N) is 2. The minimum absolute atomic E-state index is 0.0863.